The lowest BCUT2D eigenvalue weighted by Crippen LogP contribution is -2.43. The molecule has 1 aliphatic rings. The van der Waals surface area contributed by atoms with Crippen molar-refractivity contribution >= 4 is 16.9 Å². The number of ether oxygens (including phenoxy) is 1. The number of benzene rings is 2. The molecule has 0 amide bonds. The number of nitrogens with one attached hydrogen (secondary N) is 1. The minimum absolute atomic E-state index is 0.215. The second-order valence-corrected chi connectivity index (χ2v) is 7.66. The molecule has 158 valence electrons. The highest BCUT2D eigenvalue weighted by Gasteiger charge is 2.26. The largest absolute Gasteiger partial charge is 0.457 e. The van der Waals surface area contributed by atoms with Gasteiger partial charge >= 0.3 is 0 Å². The summed E-state index contributed by atoms with van der Waals surface area (Å²) in [7, 11) is 1.95. The van der Waals surface area contributed by atoms with Crippen molar-refractivity contribution < 1.29 is 4.74 Å². The Bertz CT molecular complexity index is 1170. The van der Waals surface area contributed by atoms with E-state index in [0.717, 1.165) is 59.7 Å². The first-order valence-electron chi connectivity index (χ1n) is 10.5. The Kier molecular flexibility index (Phi) is 5.23. The van der Waals surface area contributed by atoms with E-state index in [1.165, 1.54) is 6.33 Å². The van der Waals surface area contributed by atoms with Crippen molar-refractivity contribution in [1.82, 2.24) is 30.2 Å². The smallest absolute Gasteiger partial charge is 0.164 e. The summed E-state index contributed by atoms with van der Waals surface area (Å²) in [6, 6.07) is 17.8. The van der Waals surface area contributed by atoms with Crippen molar-refractivity contribution in [2.24, 2.45) is 0 Å². The fraction of sp³-hybridized carbons (Fsp3) is 0.261. The summed E-state index contributed by atoms with van der Waals surface area (Å²) in [4.78, 5) is 8.76. The van der Waals surface area contributed by atoms with Crippen molar-refractivity contribution in [1.29, 1.82) is 0 Å². The Morgan fingerprint density at radius 1 is 1.03 bits per heavy atom. The Hall–Kier alpha value is -3.49. The highest BCUT2D eigenvalue weighted by atomic mass is 16.5. The Balaban J connectivity index is 1.51. The molecule has 8 heteroatoms. The SMILES string of the molecule is CNN1CCCC(n2nc(-c3ccc(Oc4ccccc4)cc3)c3c(N)ncnc32)C1. The summed E-state index contributed by atoms with van der Waals surface area (Å²) in [5.74, 6) is 2.01. The summed E-state index contributed by atoms with van der Waals surface area (Å²) >= 11 is 0. The lowest BCUT2D eigenvalue weighted by atomic mass is 10.1. The normalized spacial score (nSPS) is 17.1. The predicted octanol–water partition coefficient (Wildman–Crippen LogP) is 3.64. The third kappa shape index (κ3) is 3.83. The zero-order valence-corrected chi connectivity index (χ0v) is 17.4. The Morgan fingerprint density at radius 2 is 1.81 bits per heavy atom. The van der Waals surface area contributed by atoms with Crippen molar-refractivity contribution in [2.75, 3.05) is 25.9 Å². The van der Waals surface area contributed by atoms with Gasteiger partial charge in [-0.25, -0.2) is 19.7 Å². The van der Waals surface area contributed by atoms with Gasteiger partial charge in [-0.3, -0.25) is 5.43 Å². The summed E-state index contributed by atoms with van der Waals surface area (Å²) in [5.41, 5.74) is 12.0. The number of piperidine rings is 1. The summed E-state index contributed by atoms with van der Waals surface area (Å²) in [6.45, 7) is 1.89. The molecule has 0 bridgehead atoms. The molecule has 1 unspecified atom stereocenters. The van der Waals surface area contributed by atoms with Crippen molar-refractivity contribution in [2.45, 2.75) is 18.9 Å². The van der Waals surface area contributed by atoms with E-state index in [9.17, 15) is 0 Å². The highest BCUT2D eigenvalue weighted by Crippen LogP contribution is 2.34. The predicted molar refractivity (Wildman–Crippen MR) is 121 cm³/mol. The topological polar surface area (TPSA) is 94.1 Å². The van der Waals surface area contributed by atoms with Gasteiger partial charge in [0.05, 0.1) is 11.4 Å². The molecule has 0 radical (unpaired) electrons. The fourth-order valence-corrected chi connectivity index (χ4v) is 4.11. The molecule has 31 heavy (non-hydrogen) atoms. The molecule has 1 saturated heterocycles. The summed E-state index contributed by atoms with van der Waals surface area (Å²) in [5, 5.41) is 7.97. The number of anilines is 1. The van der Waals surface area contributed by atoms with E-state index >= 15 is 0 Å². The van der Waals surface area contributed by atoms with Crippen LogP contribution in [-0.4, -0.2) is 44.9 Å². The molecule has 3 N–H and O–H groups in total. The van der Waals surface area contributed by atoms with E-state index in [1.54, 1.807) is 0 Å². The minimum atomic E-state index is 0.215. The van der Waals surface area contributed by atoms with Gasteiger partial charge in [0.15, 0.2) is 5.65 Å². The lowest BCUT2D eigenvalue weighted by molar-refractivity contribution is 0.127. The zero-order valence-electron chi connectivity index (χ0n) is 17.4. The third-order valence-electron chi connectivity index (χ3n) is 5.68. The van der Waals surface area contributed by atoms with Gasteiger partial charge in [-0.2, -0.15) is 5.10 Å². The van der Waals surface area contributed by atoms with Gasteiger partial charge in [-0.15, -0.1) is 0 Å². The molecule has 0 spiro atoms. The minimum Gasteiger partial charge on any atom is -0.457 e. The van der Waals surface area contributed by atoms with Gasteiger partial charge in [0.1, 0.15) is 29.3 Å². The maximum absolute atomic E-state index is 6.27. The molecule has 8 nitrogen and oxygen atoms in total. The number of nitrogens with two attached hydrogens (primary N) is 1. The quantitative estimate of drug-likeness (QED) is 0.514. The van der Waals surface area contributed by atoms with Crippen molar-refractivity contribution in [3.63, 3.8) is 0 Å². The lowest BCUT2D eigenvalue weighted by Gasteiger charge is -2.32. The van der Waals surface area contributed by atoms with Gasteiger partial charge in [0.2, 0.25) is 0 Å². The van der Waals surface area contributed by atoms with Crippen molar-refractivity contribution in [3.05, 3.63) is 60.9 Å². The van der Waals surface area contributed by atoms with Crippen LogP contribution in [0.3, 0.4) is 0 Å². The number of nitrogen functional groups attached to an aromatic ring is 1. The van der Waals surface area contributed by atoms with Crippen LogP contribution in [0.1, 0.15) is 18.9 Å². The first kappa shape index (κ1) is 19.5. The molecule has 2 aromatic heterocycles. The number of hydrogen-bond donors (Lipinski definition) is 2. The fourth-order valence-electron chi connectivity index (χ4n) is 4.11. The Morgan fingerprint density at radius 3 is 2.58 bits per heavy atom. The van der Waals surface area contributed by atoms with E-state index in [2.05, 4.69) is 20.4 Å². The number of aromatic nitrogens is 4. The molecule has 2 aromatic carbocycles. The van der Waals surface area contributed by atoms with Crippen molar-refractivity contribution in [3.8, 4) is 22.8 Å². The zero-order chi connectivity index (χ0) is 21.2. The number of fused-ring (bicyclic) bond motifs is 1. The molecule has 5 rings (SSSR count). The van der Waals surface area contributed by atoms with Crippen LogP contribution in [0.15, 0.2) is 60.9 Å². The standard InChI is InChI=1S/C23H25N7O/c1-25-29-13-5-6-17(14-29)30-23-20(22(24)26-15-27-23)21(28-30)16-9-11-19(12-10-16)31-18-7-3-2-4-8-18/h2-4,7-12,15,17,25H,5-6,13-14H2,1H3,(H2,24,26,27). The van der Waals surface area contributed by atoms with Crippen LogP contribution < -0.4 is 15.9 Å². The first-order chi connectivity index (χ1) is 15.2. The van der Waals surface area contributed by atoms with Gasteiger partial charge in [-0.1, -0.05) is 18.2 Å². The average Bonchev–Trinajstić information content (AvgIpc) is 3.21. The van der Waals surface area contributed by atoms with Crippen LogP contribution in [0.5, 0.6) is 11.5 Å². The van der Waals surface area contributed by atoms with Crippen LogP contribution in [0, 0.1) is 0 Å². The first-order valence-corrected chi connectivity index (χ1v) is 10.5. The summed E-state index contributed by atoms with van der Waals surface area (Å²) in [6.07, 6.45) is 3.64. The molecule has 1 fully saturated rings. The monoisotopic (exact) mass is 415 g/mol. The van der Waals surface area contributed by atoms with Crippen LogP contribution in [-0.2, 0) is 0 Å². The second kappa shape index (κ2) is 8.33. The van der Waals surface area contributed by atoms with Crippen LogP contribution >= 0.6 is 0 Å². The van der Waals surface area contributed by atoms with Gasteiger partial charge in [0.25, 0.3) is 0 Å². The second-order valence-electron chi connectivity index (χ2n) is 7.66. The molecular weight excluding hydrogens is 390 g/mol. The van der Waals surface area contributed by atoms with Crippen LogP contribution in [0.4, 0.5) is 5.82 Å². The number of rotatable bonds is 5. The highest BCUT2D eigenvalue weighted by molar-refractivity contribution is 5.98. The number of hydrogen-bond acceptors (Lipinski definition) is 7. The van der Waals surface area contributed by atoms with Crippen LogP contribution in [0.2, 0.25) is 0 Å². The molecule has 0 aliphatic carbocycles. The average molecular weight is 416 g/mol. The van der Waals surface area contributed by atoms with Gasteiger partial charge in [-0.05, 0) is 56.3 Å². The number of nitrogens with zero attached hydrogens (tertiary/aromatic N) is 5. The number of hydrazine groups is 1. The molecule has 1 atom stereocenters. The van der Waals surface area contributed by atoms with E-state index < -0.39 is 0 Å². The van der Waals surface area contributed by atoms with E-state index in [-0.39, 0.29) is 6.04 Å². The molecular formula is C23H25N7O. The molecule has 0 saturated carbocycles. The van der Waals surface area contributed by atoms with Crippen LogP contribution in [0.25, 0.3) is 22.3 Å². The molecule has 4 aromatic rings. The van der Waals surface area contributed by atoms with Gasteiger partial charge < -0.3 is 10.5 Å². The van der Waals surface area contributed by atoms with Gasteiger partial charge in [0, 0.05) is 18.7 Å². The van der Waals surface area contributed by atoms with E-state index in [1.807, 2.05) is 66.3 Å². The summed E-state index contributed by atoms with van der Waals surface area (Å²) < 4.78 is 7.93. The van der Waals surface area contributed by atoms with E-state index in [0.29, 0.717) is 5.82 Å². The molecule has 1 aliphatic heterocycles. The number of para-hydroxylation sites is 1. The third-order valence-corrected chi connectivity index (χ3v) is 5.68. The maximum Gasteiger partial charge on any atom is 0.164 e. The molecule has 3 heterocycles. The maximum atomic E-state index is 6.27. The Labute approximate surface area is 180 Å². The van der Waals surface area contributed by atoms with E-state index in [4.69, 9.17) is 15.6 Å².